The van der Waals surface area contributed by atoms with Gasteiger partial charge in [0, 0.05) is 35.7 Å². The molecule has 1 aliphatic rings. The Balaban J connectivity index is 0.000000199. The molecule has 1 saturated carbocycles. The van der Waals surface area contributed by atoms with Crippen molar-refractivity contribution in [2.45, 2.75) is 38.6 Å². The van der Waals surface area contributed by atoms with Crippen LogP contribution in [0.25, 0.3) is 22.3 Å². The van der Waals surface area contributed by atoms with Gasteiger partial charge < -0.3 is 19.9 Å². The molecule has 2 amide bonds. The topological polar surface area (TPSA) is 132 Å². The second-order valence-electron chi connectivity index (χ2n) is 8.48. The summed E-state index contributed by atoms with van der Waals surface area (Å²) in [6, 6.07) is 12.6. The first-order chi connectivity index (χ1) is 16.8. The van der Waals surface area contributed by atoms with Crippen molar-refractivity contribution < 1.29 is 19.4 Å². The number of alkyl halides is 1. The van der Waals surface area contributed by atoms with Crippen LogP contribution < -0.4 is 10.7 Å². The molecule has 0 radical (unpaired) electrons. The van der Waals surface area contributed by atoms with Crippen LogP contribution in [0.1, 0.15) is 32.6 Å². The molecule has 1 fully saturated rings. The van der Waals surface area contributed by atoms with Gasteiger partial charge in [-0.3, -0.25) is 4.79 Å². The summed E-state index contributed by atoms with van der Waals surface area (Å²) >= 11 is 5.46. The van der Waals surface area contributed by atoms with E-state index in [1.165, 1.54) is 12.1 Å². The van der Waals surface area contributed by atoms with Gasteiger partial charge in [-0.1, -0.05) is 37.3 Å². The lowest BCUT2D eigenvalue weighted by molar-refractivity contribution is 0.191. The van der Waals surface area contributed by atoms with Gasteiger partial charge >= 0.3 is 6.03 Å². The fourth-order valence-electron chi connectivity index (χ4n) is 3.91. The van der Waals surface area contributed by atoms with E-state index in [1.54, 1.807) is 0 Å². The summed E-state index contributed by atoms with van der Waals surface area (Å²) < 4.78 is 5.57. The molecule has 0 unspecified atom stereocenters. The van der Waals surface area contributed by atoms with Crippen LogP contribution in [0.3, 0.4) is 0 Å². The van der Waals surface area contributed by atoms with Crippen molar-refractivity contribution in [1.29, 1.82) is 0 Å². The van der Waals surface area contributed by atoms with Crippen LogP contribution in [0.5, 0.6) is 11.5 Å². The number of hydrogen-bond donors (Lipinski definition) is 3. The van der Waals surface area contributed by atoms with Gasteiger partial charge in [0.25, 0.3) is 0 Å². The number of phenols is 2. The lowest BCUT2D eigenvalue weighted by atomic mass is 9.87. The molecule has 2 aromatic carbocycles. The highest BCUT2D eigenvalue weighted by Gasteiger charge is 2.22. The van der Waals surface area contributed by atoms with E-state index in [4.69, 9.17) is 16.0 Å². The Labute approximate surface area is 207 Å². The number of nitrogens with zero attached hydrogens (tertiary/aromatic N) is 2. The van der Waals surface area contributed by atoms with Crippen LogP contribution in [-0.2, 0) is 0 Å². The lowest BCUT2D eigenvalue weighted by Crippen LogP contribution is -2.44. The maximum absolute atomic E-state index is 12.0. The van der Waals surface area contributed by atoms with Crippen LogP contribution in [0.4, 0.5) is 4.79 Å². The van der Waals surface area contributed by atoms with E-state index in [-0.39, 0.29) is 46.4 Å². The van der Waals surface area contributed by atoms with Crippen molar-refractivity contribution in [1.82, 2.24) is 10.3 Å². The number of nitrogens with one attached hydrogen (secondary N) is 1. The Morgan fingerprint density at radius 3 is 2.46 bits per heavy atom. The Kier molecular flexibility index (Phi) is 9.08. The molecule has 1 aromatic heterocycles. The highest BCUT2D eigenvalue weighted by atomic mass is 35.5. The highest BCUT2D eigenvalue weighted by Crippen LogP contribution is 2.30. The van der Waals surface area contributed by atoms with E-state index in [0.717, 1.165) is 48.2 Å². The first-order valence-corrected chi connectivity index (χ1v) is 11.9. The van der Waals surface area contributed by atoms with Crippen LogP contribution in [-0.4, -0.2) is 39.7 Å². The minimum absolute atomic E-state index is 0.0671. The molecule has 10 heteroatoms. The lowest BCUT2D eigenvalue weighted by Gasteiger charge is -2.27. The molecule has 9 nitrogen and oxygen atoms in total. The monoisotopic (exact) mass is 501 g/mol. The number of carbonyl (C=O) groups is 1. The van der Waals surface area contributed by atoms with Crippen molar-refractivity contribution in [2.24, 2.45) is 11.2 Å². The smallest absolute Gasteiger partial charge is 0.340 e. The molecule has 1 aliphatic carbocycles. The summed E-state index contributed by atoms with van der Waals surface area (Å²) in [6.45, 7) is 2.37. The number of carbonyl (C=O) groups excluding carboxylic acids is 1. The molecule has 0 spiro atoms. The Bertz CT molecular complexity index is 1210. The summed E-state index contributed by atoms with van der Waals surface area (Å²) in [4.78, 5) is 34.0. The Morgan fingerprint density at radius 1 is 1.14 bits per heavy atom. The molecule has 0 atom stereocenters. The molecule has 0 bridgehead atoms. The van der Waals surface area contributed by atoms with Gasteiger partial charge in [-0.25, -0.2) is 4.79 Å². The number of urea groups is 1. The fraction of sp³-hybridized carbons (Fsp3) is 0.360. The van der Waals surface area contributed by atoms with Crippen molar-refractivity contribution in [3.63, 3.8) is 0 Å². The predicted molar refractivity (Wildman–Crippen MR) is 134 cm³/mol. The third kappa shape index (κ3) is 6.95. The summed E-state index contributed by atoms with van der Waals surface area (Å²) in [5.74, 6) is 0.891. The zero-order valence-corrected chi connectivity index (χ0v) is 20.1. The quantitative estimate of drug-likeness (QED) is 0.244. The van der Waals surface area contributed by atoms with Gasteiger partial charge in [0.05, 0.1) is 11.8 Å². The number of phenolic OH excluding ortho intramolecular Hbond substituents is 2. The number of fused-ring (bicyclic) bond motifs is 1. The van der Waals surface area contributed by atoms with Gasteiger partial charge in [-0.15, -0.1) is 16.5 Å². The third-order valence-electron chi connectivity index (χ3n) is 5.83. The van der Waals surface area contributed by atoms with Crippen LogP contribution in [0.2, 0.25) is 0 Å². The van der Waals surface area contributed by atoms with Crippen molar-refractivity contribution in [3.05, 3.63) is 63.7 Å². The van der Waals surface area contributed by atoms with Gasteiger partial charge in [0.15, 0.2) is 5.43 Å². The highest BCUT2D eigenvalue weighted by molar-refractivity contribution is 6.18. The maximum Gasteiger partial charge on any atom is 0.340 e. The summed E-state index contributed by atoms with van der Waals surface area (Å²) in [7, 11) is 0. The Hall–Kier alpha value is -3.59. The minimum atomic E-state index is -0.435. The van der Waals surface area contributed by atoms with Gasteiger partial charge in [0.2, 0.25) is 0 Å². The number of nitroso groups, excluding NO2 is 1. The first-order valence-electron chi connectivity index (χ1n) is 11.3. The zero-order chi connectivity index (χ0) is 25.4. The Morgan fingerprint density at radius 2 is 1.83 bits per heavy atom. The average Bonchev–Trinajstić information content (AvgIpc) is 2.84. The van der Waals surface area contributed by atoms with Crippen molar-refractivity contribution >= 4 is 28.6 Å². The molecule has 3 N–H and O–H groups in total. The second-order valence-corrected chi connectivity index (χ2v) is 8.86. The fourth-order valence-corrected chi connectivity index (χ4v) is 4.07. The number of hydrogen-bond acceptors (Lipinski definition) is 7. The number of halogens is 1. The van der Waals surface area contributed by atoms with E-state index >= 15 is 0 Å². The number of benzene rings is 2. The van der Waals surface area contributed by atoms with Gasteiger partial charge in [-0.2, -0.15) is 5.01 Å². The predicted octanol–water partition coefficient (Wildman–Crippen LogP) is 5.37. The van der Waals surface area contributed by atoms with E-state index in [2.05, 4.69) is 17.5 Å². The van der Waals surface area contributed by atoms with Crippen LogP contribution >= 0.6 is 11.6 Å². The normalized spacial score (nSPS) is 17.2. The zero-order valence-electron chi connectivity index (χ0n) is 19.3. The minimum Gasteiger partial charge on any atom is -0.508 e. The average molecular weight is 502 g/mol. The maximum atomic E-state index is 12.0. The number of amides is 2. The van der Waals surface area contributed by atoms with E-state index in [9.17, 15) is 24.7 Å². The molecule has 0 aliphatic heterocycles. The van der Waals surface area contributed by atoms with E-state index in [1.807, 2.05) is 30.3 Å². The standard InChI is InChI=1S/C15H10O4.C10H18ClN3O2/c16-10-6-11(17)15-12(18)8-13(19-14(15)7-10)9-4-2-1-3-5-9;1-8-2-4-9(5-3-8)12-10(15)14(13-16)7-6-11/h1-8,16-17H;8-9H,2-7H2,1H3,(H,12,15). The summed E-state index contributed by atoms with van der Waals surface area (Å²) in [5.41, 5.74) is 0.561. The van der Waals surface area contributed by atoms with Crippen LogP contribution in [0.15, 0.2) is 63.0 Å². The molecule has 1 heterocycles. The molecular weight excluding hydrogens is 474 g/mol. The number of aromatic hydroxyl groups is 2. The van der Waals surface area contributed by atoms with Crippen molar-refractivity contribution in [2.75, 3.05) is 12.4 Å². The molecule has 35 heavy (non-hydrogen) atoms. The summed E-state index contributed by atoms with van der Waals surface area (Å²) in [5, 5.41) is 25.5. The van der Waals surface area contributed by atoms with Gasteiger partial charge in [-0.05, 0) is 31.6 Å². The molecular formula is C25H28ClN3O6. The van der Waals surface area contributed by atoms with Crippen LogP contribution in [0, 0.1) is 10.8 Å². The molecule has 186 valence electrons. The largest absolute Gasteiger partial charge is 0.508 e. The molecule has 0 saturated heterocycles. The van der Waals surface area contributed by atoms with Gasteiger partial charge in [0.1, 0.15) is 28.2 Å². The number of rotatable bonds is 5. The van der Waals surface area contributed by atoms with Crippen molar-refractivity contribution in [3.8, 4) is 22.8 Å². The summed E-state index contributed by atoms with van der Waals surface area (Å²) in [6.07, 6.45) is 4.19. The van der Waals surface area contributed by atoms with E-state index < -0.39 is 6.03 Å². The van der Waals surface area contributed by atoms with E-state index in [0.29, 0.717) is 5.76 Å². The third-order valence-corrected chi connectivity index (χ3v) is 5.99. The molecule has 4 rings (SSSR count). The first kappa shape index (κ1) is 26.0. The molecule has 3 aromatic rings. The SMILES string of the molecule is CC1CCC(NC(=O)N(CCCl)N=O)CC1.O=c1cc(-c2ccccc2)oc2cc(O)cc(O)c12. The second kappa shape index (κ2) is 12.2.